The molecule has 1 aromatic rings. The molecule has 1 saturated heterocycles. The molecule has 0 saturated carbocycles. The molecule has 1 aromatic heterocycles. The fraction of sp³-hybridized carbons (Fsp3) is 0.529. The predicted molar refractivity (Wildman–Crippen MR) is 94.7 cm³/mol. The van der Waals surface area contributed by atoms with Crippen molar-refractivity contribution in [1.29, 1.82) is 0 Å². The Balaban J connectivity index is 1.73. The van der Waals surface area contributed by atoms with E-state index >= 15 is 0 Å². The van der Waals surface area contributed by atoms with Crippen molar-refractivity contribution in [2.24, 2.45) is 11.7 Å². The second-order valence-electron chi connectivity index (χ2n) is 6.55. The van der Waals surface area contributed by atoms with Crippen LogP contribution in [0.3, 0.4) is 0 Å². The fourth-order valence-corrected chi connectivity index (χ4v) is 3.03. The van der Waals surface area contributed by atoms with Gasteiger partial charge in [-0.2, -0.15) is 0 Å². The highest BCUT2D eigenvalue weighted by Crippen LogP contribution is 2.21. The summed E-state index contributed by atoms with van der Waals surface area (Å²) in [5.74, 6) is -3.01. The number of amides is 3. The number of hydrogen-bond donors (Lipinski definition) is 4. The highest BCUT2D eigenvalue weighted by Gasteiger charge is 2.35. The number of carbonyl (C=O) groups excluding carboxylic acids is 4. The van der Waals surface area contributed by atoms with Gasteiger partial charge in [0.2, 0.25) is 29.5 Å². The van der Waals surface area contributed by atoms with E-state index in [0.29, 0.717) is 17.7 Å². The minimum absolute atomic E-state index is 0.148. The summed E-state index contributed by atoms with van der Waals surface area (Å²) >= 11 is 0. The first-order valence-electron chi connectivity index (χ1n) is 8.89. The molecule has 28 heavy (non-hydrogen) atoms. The number of rotatable bonds is 9. The van der Waals surface area contributed by atoms with Gasteiger partial charge in [0.15, 0.2) is 0 Å². The van der Waals surface area contributed by atoms with Crippen LogP contribution in [-0.2, 0) is 19.2 Å². The van der Waals surface area contributed by atoms with E-state index in [-0.39, 0.29) is 37.6 Å². The summed E-state index contributed by atoms with van der Waals surface area (Å²) in [6, 6.07) is 1.63. The molecule has 2 heterocycles. The molecule has 0 aromatic carbocycles. The number of hydrogen-bond acceptors (Lipinski definition) is 7. The maximum atomic E-state index is 12.1. The molecular weight excluding hydrogens is 372 g/mol. The minimum Gasteiger partial charge on any atom is -0.492 e. The Morgan fingerprint density at radius 3 is 2.50 bits per heavy atom. The Bertz CT molecular complexity index is 741. The summed E-state index contributed by atoms with van der Waals surface area (Å²) in [5, 5.41) is 21.4. The lowest BCUT2D eigenvalue weighted by Crippen LogP contribution is -2.45. The van der Waals surface area contributed by atoms with Crippen molar-refractivity contribution < 1.29 is 34.2 Å². The molecule has 11 nitrogen and oxygen atoms in total. The van der Waals surface area contributed by atoms with Crippen molar-refractivity contribution in [2.75, 3.05) is 13.1 Å². The van der Waals surface area contributed by atoms with Crippen LogP contribution in [0.5, 0.6) is 11.8 Å². The van der Waals surface area contributed by atoms with Crippen LogP contribution in [0.2, 0.25) is 0 Å². The van der Waals surface area contributed by atoms with E-state index in [2.05, 4.69) is 5.32 Å². The second kappa shape index (κ2) is 9.11. The molecular formula is C17H24N4O7. The number of nitrogens with one attached hydrogen (secondary N) is 1. The van der Waals surface area contributed by atoms with E-state index in [9.17, 15) is 29.4 Å². The lowest BCUT2D eigenvalue weighted by Gasteiger charge is -2.24. The summed E-state index contributed by atoms with van der Waals surface area (Å²) in [4.78, 5) is 53.3. The van der Waals surface area contributed by atoms with Crippen molar-refractivity contribution in [3.05, 3.63) is 12.1 Å². The van der Waals surface area contributed by atoms with Gasteiger partial charge in [0, 0.05) is 44.0 Å². The first-order chi connectivity index (χ1) is 13.2. The third-order valence-corrected chi connectivity index (χ3v) is 4.46. The maximum Gasteiger partial charge on any atom is 0.333 e. The van der Waals surface area contributed by atoms with Crippen LogP contribution in [0.15, 0.2) is 12.1 Å². The molecule has 3 amide bonds. The van der Waals surface area contributed by atoms with Crippen LogP contribution >= 0.6 is 0 Å². The van der Waals surface area contributed by atoms with Crippen LogP contribution in [0, 0.1) is 5.92 Å². The molecule has 1 unspecified atom stereocenters. The highest BCUT2D eigenvalue weighted by molar-refractivity contribution is 5.88. The lowest BCUT2D eigenvalue weighted by molar-refractivity contribution is -0.146. The average Bonchev–Trinajstić information content (AvgIpc) is 3.15. The van der Waals surface area contributed by atoms with Crippen molar-refractivity contribution in [2.45, 2.75) is 38.6 Å². The van der Waals surface area contributed by atoms with Crippen LogP contribution in [-0.4, -0.2) is 62.7 Å². The van der Waals surface area contributed by atoms with E-state index in [1.54, 1.807) is 6.92 Å². The van der Waals surface area contributed by atoms with Gasteiger partial charge < -0.3 is 31.0 Å². The third-order valence-electron chi connectivity index (χ3n) is 4.46. The summed E-state index contributed by atoms with van der Waals surface area (Å²) < 4.78 is 0.544. The maximum absolute atomic E-state index is 12.1. The Morgan fingerprint density at radius 2 is 1.93 bits per heavy atom. The highest BCUT2D eigenvalue weighted by atomic mass is 16.7. The van der Waals surface area contributed by atoms with Gasteiger partial charge in [0.25, 0.3) is 0 Å². The molecule has 0 bridgehead atoms. The van der Waals surface area contributed by atoms with Gasteiger partial charge in [0.1, 0.15) is 6.04 Å². The monoisotopic (exact) mass is 396 g/mol. The summed E-state index contributed by atoms with van der Waals surface area (Å²) in [6.07, 6.45) is 0.204. The Kier molecular flexibility index (Phi) is 6.85. The summed E-state index contributed by atoms with van der Waals surface area (Å²) in [5.41, 5.74) is 5.31. The molecule has 2 rings (SSSR count). The normalized spacial score (nSPS) is 17.4. The van der Waals surface area contributed by atoms with Crippen LogP contribution in [0.25, 0.3) is 0 Å². The van der Waals surface area contributed by atoms with E-state index < -0.39 is 35.6 Å². The molecule has 1 aliphatic rings. The molecule has 5 N–H and O–H groups in total. The van der Waals surface area contributed by atoms with Crippen molar-refractivity contribution in [3.8, 4) is 11.8 Å². The largest absolute Gasteiger partial charge is 0.492 e. The van der Waals surface area contributed by atoms with Crippen molar-refractivity contribution in [3.63, 3.8) is 0 Å². The number of nitrogens with two attached hydrogens (primary N) is 1. The molecule has 154 valence electrons. The van der Waals surface area contributed by atoms with Gasteiger partial charge in [-0.05, 0) is 6.42 Å². The topological polar surface area (TPSA) is 164 Å². The number of primary amides is 1. The zero-order valence-corrected chi connectivity index (χ0v) is 15.5. The zero-order valence-electron chi connectivity index (χ0n) is 15.5. The Morgan fingerprint density at radius 1 is 1.29 bits per heavy atom. The van der Waals surface area contributed by atoms with Crippen LogP contribution in [0.4, 0.5) is 0 Å². The second-order valence-corrected chi connectivity index (χ2v) is 6.55. The van der Waals surface area contributed by atoms with Crippen molar-refractivity contribution >= 4 is 23.7 Å². The molecule has 0 aliphatic carbocycles. The average molecular weight is 396 g/mol. The van der Waals surface area contributed by atoms with E-state index in [1.165, 1.54) is 4.90 Å². The summed E-state index contributed by atoms with van der Waals surface area (Å²) in [7, 11) is 0. The van der Waals surface area contributed by atoms with Gasteiger partial charge >= 0.3 is 5.97 Å². The van der Waals surface area contributed by atoms with E-state index in [4.69, 9.17) is 10.6 Å². The lowest BCUT2D eigenvalue weighted by atomic mass is 10.1. The molecule has 2 atom stereocenters. The molecule has 1 aliphatic heterocycles. The first kappa shape index (κ1) is 21.1. The van der Waals surface area contributed by atoms with Gasteiger partial charge in [-0.3, -0.25) is 14.4 Å². The minimum atomic E-state index is -0.814. The van der Waals surface area contributed by atoms with Crippen molar-refractivity contribution in [1.82, 2.24) is 14.9 Å². The first-order valence-corrected chi connectivity index (χ1v) is 8.89. The number of likely N-dealkylation sites (tertiary alicyclic amines) is 1. The third kappa shape index (κ3) is 5.15. The molecule has 11 heteroatoms. The predicted octanol–water partition coefficient (Wildman–Crippen LogP) is -1.14. The van der Waals surface area contributed by atoms with Gasteiger partial charge in [0.05, 0.1) is 6.42 Å². The SMILES string of the molecule is CC[C@H](C(N)=O)N1CC(CNC(=O)CCC(=O)On2c(O)ccc2O)CC1=O. The molecule has 1 fully saturated rings. The number of carbonyl (C=O) groups is 4. The van der Waals surface area contributed by atoms with Crippen LogP contribution in [0.1, 0.15) is 32.6 Å². The van der Waals surface area contributed by atoms with E-state index in [0.717, 1.165) is 12.1 Å². The number of aromatic hydroxyl groups is 2. The smallest absolute Gasteiger partial charge is 0.333 e. The van der Waals surface area contributed by atoms with Gasteiger partial charge in [-0.15, -0.1) is 4.73 Å². The van der Waals surface area contributed by atoms with Crippen LogP contribution < -0.4 is 15.9 Å². The summed E-state index contributed by atoms with van der Waals surface area (Å²) in [6.45, 7) is 2.32. The molecule has 0 radical (unpaired) electrons. The number of aromatic nitrogens is 1. The molecule has 0 spiro atoms. The zero-order chi connectivity index (χ0) is 20.8. The van der Waals surface area contributed by atoms with Gasteiger partial charge in [-0.25, -0.2) is 4.79 Å². The standard InChI is InChI=1S/C17H24N4O7/c1-2-11(17(18)27)20-9-10(7-15(20)25)8-19-12(22)3-6-16(26)28-21-13(23)4-5-14(21)24/h4-5,10-11,23-24H,2-3,6-9H2,1H3,(H2,18,27)(H,19,22)/t10?,11-/m1/s1. The number of nitrogens with zero attached hydrogens (tertiary/aromatic N) is 2. The quantitative estimate of drug-likeness (QED) is 0.410. The Hall–Kier alpha value is -3.24. The van der Waals surface area contributed by atoms with Gasteiger partial charge in [-0.1, -0.05) is 6.92 Å². The fourth-order valence-electron chi connectivity index (χ4n) is 3.03. The Labute approximate surface area is 161 Å². The van der Waals surface area contributed by atoms with E-state index in [1.807, 2.05) is 0 Å².